The van der Waals surface area contributed by atoms with E-state index in [1.807, 2.05) is 35.2 Å². The van der Waals surface area contributed by atoms with E-state index in [4.69, 9.17) is 9.72 Å². The Morgan fingerprint density at radius 1 is 1.32 bits per heavy atom. The van der Waals surface area contributed by atoms with Crippen LogP contribution in [-0.2, 0) is 0 Å². The first kappa shape index (κ1) is 16.5. The highest BCUT2D eigenvalue weighted by molar-refractivity contribution is 9.10. The number of benzene rings is 2. The maximum atomic E-state index is 13.2. The molecule has 1 saturated heterocycles. The molecule has 1 aliphatic heterocycles. The van der Waals surface area contributed by atoms with Gasteiger partial charge in [0, 0.05) is 11.0 Å². The molecule has 1 fully saturated rings. The summed E-state index contributed by atoms with van der Waals surface area (Å²) in [5, 5.41) is 1.02. The fraction of sp³-hybridized carbons (Fsp3) is 0.263. The van der Waals surface area contributed by atoms with Crippen LogP contribution in [0.4, 0.5) is 0 Å². The molecule has 0 radical (unpaired) electrons. The third-order valence-electron chi connectivity index (χ3n) is 4.51. The summed E-state index contributed by atoms with van der Waals surface area (Å²) >= 11 is 5.18. The second-order valence-electron chi connectivity index (χ2n) is 6.02. The molecule has 0 bridgehead atoms. The molecule has 3 aromatic rings. The Morgan fingerprint density at radius 2 is 2.16 bits per heavy atom. The first-order valence-corrected chi connectivity index (χ1v) is 9.78. The molecule has 4 rings (SSSR count). The average Bonchev–Trinajstić information content (AvgIpc) is 3.28. The Bertz CT molecular complexity index is 907. The van der Waals surface area contributed by atoms with Gasteiger partial charge in [0.1, 0.15) is 10.8 Å². The molecule has 0 aliphatic carbocycles. The van der Waals surface area contributed by atoms with Gasteiger partial charge in [0.2, 0.25) is 0 Å². The van der Waals surface area contributed by atoms with Gasteiger partial charge >= 0.3 is 0 Å². The molecule has 1 atom stereocenters. The van der Waals surface area contributed by atoms with Crippen LogP contribution in [-0.4, -0.2) is 29.4 Å². The highest BCUT2D eigenvalue weighted by atomic mass is 79.9. The lowest BCUT2D eigenvalue weighted by molar-refractivity contribution is 0.0734. The minimum Gasteiger partial charge on any atom is -0.497 e. The first-order chi connectivity index (χ1) is 12.2. The van der Waals surface area contributed by atoms with E-state index < -0.39 is 0 Å². The summed E-state index contributed by atoms with van der Waals surface area (Å²) in [5.74, 6) is 0.704. The highest BCUT2D eigenvalue weighted by Gasteiger charge is 2.33. The van der Waals surface area contributed by atoms with Crippen LogP contribution in [0.2, 0.25) is 0 Å². The molecule has 128 valence electrons. The molecule has 1 aromatic heterocycles. The number of thiazole rings is 1. The topological polar surface area (TPSA) is 42.4 Å². The Kier molecular flexibility index (Phi) is 4.48. The van der Waals surface area contributed by atoms with Crippen molar-refractivity contribution < 1.29 is 9.53 Å². The van der Waals surface area contributed by atoms with Gasteiger partial charge in [-0.15, -0.1) is 11.3 Å². The van der Waals surface area contributed by atoms with Gasteiger partial charge in [0.25, 0.3) is 5.91 Å². The molecule has 1 unspecified atom stereocenters. The standard InChI is InChI=1S/C19H17BrN2O2S/c1-24-12-8-9-14(20)13(11-12)19(23)22-10-4-6-16(22)18-21-15-5-2-3-7-17(15)25-18/h2-3,5,7-9,11,16H,4,6,10H2,1H3. The molecule has 0 spiro atoms. The average molecular weight is 417 g/mol. The number of fused-ring (bicyclic) bond motifs is 1. The number of nitrogens with zero attached hydrogens (tertiary/aromatic N) is 2. The van der Waals surface area contributed by atoms with Gasteiger partial charge < -0.3 is 9.64 Å². The number of methoxy groups -OCH3 is 1. The second kappa shape index (κ2) is 6.77. The molecule has 1 amide bonds. The molecule has 25 heavy (non-hydrogen) atoms. The van der Waals surface area contributed by atoms with Gasteiger partial charge in [-0.1, -0.05) is 12.1 Å². The number of likely N-dealkylation sites (tertiary alicyclic amines) is 1. The van der Waals surface area contributed by atoms with Crippen LogP contribution >= 0.6 is 27.3 Å². The van der Waals surface area contributed by atoms with Crippen LogP contribution in [0.3, 0.4) is 0 Å². The van der Waals surface area contributed by atoms with Crippen molar-refractivity contribution in [1.82, 2.24) is 9.88 Å². The lowest BCUT2D eigenvalue weighted by Crippen LogP contribution is -2.30. The van der Waals surface area contributed by atoms with Crippen LogP contribution in [0.15, 0.2) is 46.9 Å². The summed E-state index contributed by atoms with van der Waals surface area (Å²) in [7, 11) is 1.61. The lowest BCUT2D eigenvalue weighted by atomic mass is 10.1. The maximum Gasteiger partial charge on any atom is 0.255 e. The maximum absolute atomic E-state index is 13.2. The molecule has 0 N–H and O–H groups in total. The fourth-order valence-corrected chi connectivity index (χ4v) is 4.78. The van der Waals surface area contributed by atoms with Gasteiger partial charge in [-0.3, -0.25) is 4.79 Å². The van der Waals surface area contributed by atoms with Crippen LogP contribution in [0.5, 0.6) is 5.75 Å². The lowest BCUT2D eigenvalue weighted by Gasteiger charge is -2.24. The van der Waals surface area contributed by atoms with Crippen molar-refractivity contribution >= 4 is 43.4 Å². The van der Waals surface area contributed by atoms with Crippen molar-refractivity contribution in [3.8, 4) is 5.75 Å². The number of halogens is 1. The molecular formula is C19H17BrN2O2S. The van der Waals surface area contributed by atoms with E-state index in [1.54, 1.807) is 24.5 Å². The van der Waals surface area contributed by atoms with E-state index in [0.29, 0.717) is 11.3 Å². The van der Waals surface area contributed by atoms with E-state index in [-0.39, 0.29) is 11.9 Å². The molecule has 4 nitrogen and oxygen atoms in total. The summed E-state index contributed by atoms with van der Waals surface area (Å²) in [6, 6.07) is 13.7. The molecule has 2 aromatic carbocycles. The zero-order valence-corrected chi connectivity index (χ0v) is 16.1. The number of amides is 1. The number of hydrogen-bond acceptors (Lipinski definition) is 4. The monoisotopic (exact) mass is 416 g/mol. The molecular weight excluding hydrogens is 400 g/mol. The molecule has 1 aliphatic rings. The van der Waals surface area contributed by atoms with Gasteiger partial charge in [-0.05, 0) is 59.1 Å². The zero-order chi connectivity index (χ0) is 17.4. The SMILES string of the molecule is COc1ccc(Br)c(C(=O)N2CCCC2c2nc3ccccc3s2)c1. The second-order valence-corrected chi connectivity index (χ2v) is 7.94. The Labute approximate surface area is 158 Å². The van der Waals surface area contributed by atoms with Crippen molar-refractivity contribution in [2.75, 3.05) is 13.7 Å². The van der Waals surface area contributed by atoms with Gasteiger partial charge in [-0.25, -0.2) is 4.98 Å². The quantitative estimate of drug-likeness (QED) is 0.599. The van der Waals surface area contributed by atoms with Crippen LogP contribution < -0.4 is 4.74 Å². The van der Waals surface area contributed by atoms with Crippen molar-refractivity contribution in [3.63, 3.8) is 0 Å². The number of rotatable bonds is 3. The van der Waals surface area contributed by atoms with Crippen molar-refractivity contribution in [2.45, 2.75) is 18.9 Å². The molecule has 0 saturated carbocycles. The Balaban J connectivity index is 1.68. The minimum atomic E-state index is 0.0209. The third-order valence-corrected chi connectivity index (χ3v) is 6.34. The van der Waals surface area contributed by atoms with E-state index in [1.165, 1.54) is 4.70 Å². The summed E-state index contributed by atoms with van der Waals surface area (Å²) < 4.78 is 7.22. The van der Waals surface area contributed by atoms with E-state index in [2.05, 4.69) is 22.0 Å². The summed E-state index contributed by atoms with van der Waals surface area (Å²) in [6.07, 6.45) is 1.95. The fourth-order valence-electron chi connectivity index (χ4n) is 3.25. The van der Waals surface area contributed by atoms with Crippen molar-refractivity contribution in [3.05, 3.63) is 57.5 Å². The van der Waals surface area contributed by atoms with E-state index in [0.717, 1.165) is 34.4 Å². The number of ether oxygens (including phenoxy) is 1. The number of hydrogen-bond donors (Lipinski definition) is 0. The largest absolute Gasteiger partial charge is 0.497 e. The zero-order valence-electron chi connectivity index (χ0n) is 13.7. The Morgan fingerprint density at radius 3 is 2.96 bits per heavy atom. The summed E-state index contributed by atoms with van der Waals surface area (Å²) in [6.45, 7) is 0.753. The van der Waals surface area contributed by atoms with Crippen LogP contribution in [0.25, 0.3) is 10.2 Å². The minimum absolute atomic E-state index is 0.0209. The summed E-state index contributed by atoms with van der Waals surface area (Å²) in [5.41, 5.74) is 1.64. The first-order valence-electron chi connectivity index (χ1n) is 8.17. The van der Waals surface area contributed by atoms with Crippen LogP contribution in [0.1, 0.15) is 34.2 Å². The normalized spacial score (nSPS) is 17.2. The van der Waals surface area contributed by atoms with Crippen molar-refractivity contribution in [1.29, 1.82) is 0 Å². The number of carbonyl (C=O) groups is 1. The number of aromatic nitrogens is 1. The van der Waals surface area contributed by atoms with Gasteiger partial charge in [0.05, 0.1) is 28.9 Å². The smallest absolute Gasteiger partial charge is 0.255 e. The molecule has 2 heterocycles. The third kappa shape index (κ3) is 3.04. The highest BCUT2D eigenvalue weighted by Crippen LogP contribution is 2.38. The van der Waals surface area contributed by atoms with Crippen molar-refractivity contribution in [2.24, 2.45) is 0 Å². The Hall–Kier alpha value is -1.92. The van der Waals surface area contributed by atoms with E-state index in [9.17, 15) is 4.79 Å². The summed E-state index contributed by atoms with van der Waals surface area (Å²) in [4.78, 5) is 19.9. The van der Waals surface area contributed by atoms with Crippen LogP contribution in [0, 0.1) is 0 Å². The predicted molar refractivity (Wildman–Crippen MR) is 103 cm³/mol. The van der Waals surface area contributed by atoms with E-state index >= 15 is 0 Å². The molecule has 6 heteroatoms. The number of para-hydroxylation sites is 1. The number of carbonyl (C=O) groups excluding carboxylic acids is 1. The van der Waals surface area contributed by atoms with Gasteiger partial charge in [0.15, 0.2) is 0 Å². The van der Waals surface area contributed by atoms with Gasteiger partial charge in [-0.2, -0.15) is 0 Å². The predicted octanol–water partition coefficient (Wildman–Crippen LogP) is 5.04.